The molecular formula is C13H19ClFNO. The summed E-state index contributed by atoms with van der Waals surface area (Å²) in [5.41, 5.74) is 0.570. The van der Waals surface area contributed by atoms with Gasteiger partial charge in [-0.25, -0.2) is 4.39 Å². The van der Waals surface area contributed by atoms with Gasteiger partial charge in [0.2, 0.25) is 0 Å². The van der Waals surface area contributed by atoms with Gasteiger partial charge in [-0.3, -0.25) is 9.69 Å². The third kappa shape index (κ3) is 4.10. The Hall–Kier alpha value is -0.930. The van der Waals surface area contributed by atoms with E-state index in [4.69, 9.17) is 0 Å². The molecule has 0 aliphatic carbocycles. The summed E-state index contributed by atoms with van der Waals surface area (Å²) >= 11 is 0. The van der Waals surface area contributed by atoms with Crippen molar-refractivity contribution >= 4 is 18.2 Å². The molecule has 0 N–H and O–H groups in total. The second kappa shape index (κ2) is 7.41. The lowest BCUT2D eigenvalue weighted by Crippen LogP contribution is -2.38. The molecule has 0 saturated heterocycles. The zero-order chi connectivity index (χ0) is 12.1. The Morgan fingerprint density at radius 1 is 1.24 bits per heavy atom. The summed E-state index contributed by atoms with van der Waals surface area (Å²) < 4.78 is 12.7. The fourth-order valence-corrected chi connectivity index (χ4v) is 1.79. The lowest BCUT2D eigenvalue weighted by Gasteiger charge is -2.25. The van der Waals surface area contributed by atoms with E-state index in [0.717, 1.165) is 13.1 Å². The summed E-state index contributed by atoms with van der Waals surface area (Å²) in [7, 11) is 0. The molecule has 4 heteroatoms. The van der Waals surface area contributed by atoms with Gasteiger partial charge in [-0.2, -0.15) is 0 Å². The fraction of sp³-hybridized carbons (Fsp3) is 0.462. The summed E-state index contributed by atoms with van der Waals surface area (Å²) in [5, 5.41) is 0. The van der Waals surface area contributed by atoms with Gasteiger partial charge in [-0.1, -0.05) is 13.8 Å². The van der Waals surface area contributed by atoms with Gasteiger partial charge in [0, 0.05) is 5.56 Å². The summed E-state index contributed by atoms with van der Waals surface area (Å²) in [5.74, 6) is -0.268. The molecule has 0 aliphatic heterocycles. The number of hydrogen-bond acceptors (Lipinski definition) is 2. The van der Waals surface area contributed by atoms with E-state index in [0.29, 0.717) is 5.56 Å². The largest absolute Gasteiger partial charge is 0.294 e. The average Bonchev–Trinajstić information content (AvgIpc) is 2.30. The van der Waals surface area contributed by atoms with Gasteiger partial charge >= 0.3 is 0 Å². The second-order valence-corrected chi connectivity index (χ2v) is 3.77. The molecular weight excluding hydrogens is 241 g/mol. The third-order valence-electron chi connectivity index (χ3n) is 2.87. The molecule has 1 rings (SSSR count). The van der Waals surface area contributed by atoms with Gasteiger partial charge in [-0.05, 0) is 44.3 Å². The minimum Gasteiger partial charge on any atom is -0.294 e. The van der Waals surface area contributed by atoms with Crippen LogP contribution in [0.3, 0.4) is 0 Å². The van der Waals surface area contributed by atoms with Crippen molar-refractivity contribution in [2.45, 2.75) is 26.8 Å². The molecule has 0 bridgehead atoms. The van der Waals surface area contributed by atoms with Crippen molar-refractivity contribution in [1.82, 2.24) is 4.90 Å². The van der Waals surface area contributed by atoms with Crippen LogP contribution in [0.15, 0.2) is 24.3 Å². The van der Waals surface area contributed by atoms with Crippen molar-refractivity contribution in [3.63, 3.8) is 0 Å². The van der Waals surface area contributed by atoms with Crippen LogP contribution in [0.25, 0.3) is 0 Å². The van der Waals surface area contributed by atoms with Gasteiger partial charge in [0.05, 0.1) is 6.04 Å². The summed E-state index contributed by atoms with van der Waals surface area (Å²) in [6.07, 6.45) is 0. The fourth-order valence-electron chi connectivity index (χ4n) is 1.79. The number of nitrogens with zero attached hydrogens (tertiary/aromatic N) is 1. The van der Waals surface area contributed by atoms with Crippen LogP contribution in [-0.4, -0.2) is 29.8 Å². The van der Waals surface area contributed by atoms with Crippen LogP contribution in [0, 0.1) is 5.82 Å². The number of carbonyl (C=O) groups excluding carboxylic acids is 1. The van der Waals surface area contributed by atoms with Gasteiger partial charge < -0.3 is 0 Å². The molecule has 0 radical (unpaired) electrons. The van der Waals surface area contributed by atoms with Crippen molar-refractivity contribution in [3.05, 3.63) is 35.6 Å². The maximum atomic E-state index is 12.7. The molecule has 1 atom stereocenters. The van der Waals surface area contributed by atoms with E-state index in [1.54, 1.807) is 0 Å². The maximum Gasteiger partial charge on any atom is 0.179 e. The number of carbonyl (C=O) groups is 1. The smallest absolute Gasteiger partial charge is 0.179 e. The van der Waals surface area contributed by atoms with Crippen molar-refractivity contribution in [3.8, 4) is 0 Å². The van der Waals surface area contributed by atoms with Crippen molar-refractivity contribution in [2.24, 2.45) is 0 Å². The number of halogens is 2. The molecule has 1 unspecified atom stereocenters. The topological polar surface area (TPSA) is 20.3 Å². The van der Waals surface area contributed by atoms with E-state index in [1.165, 1.54) is 24.3 Å². The third-order valence-corrected chi connectivity index (χ3v) is 2.87. The first-order chi connectivity index (χ1) is 7.60. The van der Waals surface area contributed by atoms with Crippen LogP contribution in [0.4, 0.5) is 4.39 Å². The van der Waals surface area contributed by atoms with E-state index < -0.39 is 0 Å². The molecule has 0 fully saturated rings. The van der Waals surface area contributed by atoms with Crippen LogP contribution < -0.4 is 0 Å². The van der Waals surface area contributed by atoms with E-state index in [1.807, 2.05) is 20.8 Å². The van der Waals surface area contributed by atoms with E-state index >= 15 is 0 Å². The van der Waals surface area contributed by atoms with Crippen molar-refractivity contribution < 1.29 is 9.18 Å². The standard InChI is InChI=1S/C13H18FNO.ClH/c1-4-15(5-2)10(3)13(16)11-6-8-12(14)9-7-11;/h6-10H,4-5H2,1-3H3;1H. The van der Waals surface area contributed by atoms with Crippen LogP contribution in [-0.2, 0) is 0 Å². The Morgan fingerprint density at radius 2 is 1.71 bits per heavy atom. The highest BCUT2D eigenvalue weighted by atomic mass is 35.5. The van der Waals surface area contributed by atoms with E-state index in [2.05, 4.69) is 4.90 Å². The SMILES string of the molecule is CCN(CC)C(C)C(=O)c1ccc(F)cc1.Cl. The first-order valence-corrected chi connectivity index (χ1v) is 5.64. The monoisotopic (exact) mass is 259 g/mol. The van der Waals surface area contributed by atoms with Gasteiger partial charge in [0.1, 0.15) is 5.82 Å². The molecule has 0 saturated carbocycles. The number of Topliss-reactive ketones (excluding diaryl/α,β-unsaturated/α-hetero) is 1. The molecule has 17 heavy (non-hydrogen) atoms. The zero-order valence-corrected chi connectivity index (χ0v) is 11.3. The predicted octanol–water partition coefficient (Wildman–Crippen LogP) is 3.16. The molecule has 0 heterocycles. The van der Waals surface area contributed by atoms with E-state index in [9.17, 15) is 9.18 Å². The quantitative estimate of drug-likeness (QED) is 0.757. The molecule has 0 spiro atoms. The Kier molecular flexibility index (Phi) is 7.00. The highest BCUT2D eigenvalue weighted by molar-refractivity contribution is 5.99. The molecule has 96 valence electrons. The van der Waals surface area contributed by atoms with E-state index in [-0.39, 0.29) is 30.0 Å². The lowest BCUT2D eigenvalue weighted by atomic mass is 10.0. The van der Waals surface area contributed by atoms with Gasteiger partial charge in [0.15, 0.2) is 5.78 Å². The Morgan fingerprint density at radius 3 is 2.12 bits per heavy atom. The highest BCUT2D eigenvalue weighted by Gasteiger charge is 2.19. The average molecular weight is 260 g/mol. The molecule has 0 aromatic heterocycles. The lowest BCUT2D eigenvalue weighted by molar-refractivity contribution is 0.0851. The Labute approximate surface area is 108 Å². The first kappa shape index (κ1) is 16.1. The van der Waals surface area contributed by atoms with Crippen LogP contribution >= 0.6 is 12.4 Å². The Bertz CT molecular complexity index is 349. The number of rotatable bonds is 5. The predicted molar refractivity (Wildman–Crippen MR) is 70.4 cm³/mol. The molecule has 2 nitrogen and oxygen atoms in total. The molecule has 0 aliphatic rings. The van der Waals surface area contributed by atoms with Gasteiger partial charge in [0.25, 0.3) is 0 Å². The zero-order valence-electron chi connectivity index (χ0n) is 10.4. The molecule has 1 aromatic carbocycles. The summed E-state index contributed by atoms with van der Waals surface area (Å²) in [6.45, 7) is 7.61. The van der Waals surface area contributed by atoms with Crippen LogP contribution in [0.5, 0.6) is 0 Å². The normalized spacial score (nSPS) is 12.1. The molecule has 1 aromatic rings. The summed E-state index contributed by atoms with van der Waals surface area (Å²) in [6, 6.07) is 5.57. The molecule has 0 amide bonds. The van der Waals surface area contributed by atoms with Gasteiger partial charge in [-0.15, -0.1) is 12.4 Å². The van der Waals surface area contributed by atoms with Crippen molar-refractivity contribution in [2.75, 3.05) is 13.1 Å². The number of ketones is 1. The number of benzene rings is 1. The number of hydrogen-bond donors (Lipinski definition) is 0. The highest BCUT2D eigenvalue weighted by Crippen LogP contribution is 2.10. The minimum absolute atomic E-state index is 0. The van der Waals surface area contributed by atoms with Crippen molar-refractivity contribution in [1.29, 1.82) is 0 Å². The summed E-state index contributed by atoms with van der Waals surface area (Å²) in [4.78, 5) is 14.1. The second-order valence-electron chi connectivity index (χ2n) is 3.77. The number of likely N-dealkylation sites (N-methyl/N-ethyl adjacent to an activating group) is 1. The maximum absolute atomic E-state index is 12.7. The minimum atomic E-state index is -0.313. The van der Waals surface area contributed by atoms with Crippen LogP contribution in [0.2, 0.25) is 0 Å². The first-order valence-electron chi connectivity index (χ1n) is 5.64. The Balaban J connectivity index is 0.00000256. The van der Waals surface area contributed by atoms with Crippen LogP contribution in [0.1, 0.15) is 31.1 Å².